The first-order chi connectivity index (χ1) is 12.3. The molecule has 0 atom stereocenters. The van der Waals surface area contributed by atoms with Gasteiger partial charge in [0, 0.05) is 17.2 Å². The fourth-order valence-electron chi connectivity index (χ4n) is 1.96. The Labute approximate surface area is 147 Å². The van der Waals surface area contributed by atoms with Crippen molar-refractivity contribution in [2.45, 2.75) is 0 Å². The van der Waals surface area contributed by atoms with Crippen LogP contribution in [0.3, 0.4) is 0 Å². The highest BCUT2D eigenvalue weighted by atomic mass is 16.5. The number of rotatable bonds is 5. The third-order valence-corrected chi connectivity index (χ3v) is 3.13. The van der Waals surface area contributed by atoms with E-state index in [0.29, 0.717) is 0 Å². The van der Waals surface area contributed by atoms with Crippen LogP contribution in [-0.4, -0.2) is 50.3 Å². The molecule has 0 aliphatic carbocycles. The topological polar surface area (TPSA) is 145 Å². The normalized spacial score (nSPS) is 10.0. The van der Waals surface area contributed by atoms with Crippen LogP contribution in [0.15, 0.2) is 30.3 Å². The molecule has 0 aromatic heterocycles. The van der Waals surface area contributed by atoms with Gasteiger partial charge in [-0.25, -0.2) is 0 Å². The quantitative estimate of drug-likeness (QED) is 0.175. The lowest BCUT2D eigenvalue weighted by molar-refractivity contribution is -0.118. The van der Waals surface area contributed by atoms with Gasteiger partial charge in [0.25, 0.3) is 0 Å². The number of phenolic OH excluding ortho intramolecular Hbond substituents is 5. The molecule has 0 unspecified atom stereocenters. The van der Waals surface area contributed by atoms with E-state index < -0.39 is 35.4 Å². The van der Waals surface area contributed by atoms with E-state index in [1.54, 1.807) is 0 Å². The molecular weight excluding hydrogens is 344 g/mol. The molecule has 134 valence electrons. The van der Waals surface area contributed by atoms with Crippen molar-refractivity contribution >= 4 is 11.6 Å². The largest absolute Gasteiger partial charge is 0.508 e. The van der Waals surface area contributed by atoms with E-state index in [2.05, 4.69) is 11.8 Å². The molecule has 0 saturated carbocycles. The van der Waals surface area contributed by atoms with Gasteiger partial charge in [-0.2, -0.15) is 0 Å². The van der Waals surface area contributed by atoms with Crippen LogP contribution >= 0.6 is 0 Å². The van der Waals surface area contributed by atoms with E-state index >= 15 is 0 Å². The summed E-state index contributed by atoms with van der Waals surface area (Å²) in [4.78, 5) is 23.6. The highest BCUT2D eigenvalue weighted by molar-refractivity contribution is 6.44. The van der Waals surface area contributed by atoms with Crippen molar-refractivity contribution in [3.8, 4) is 40.6 Å². The predicted octanol–water partition coefficient (Wildman–Crippen LogP) is 1.03. The standard InChI is InChI=1S/C18H14O8/c19-12-6-11(7-13(20)8-12)17(24)16(23)9-26-3-1-2-10-4-14(21)18(25)15(22)5-10/h4-8,19-22,25H,3,9H2. The monoisotopic (exact) mass is 358 g/mol. The average Bonchev–Trinajstić information content (AvgIpc) is 2.57. The smallest absolute Gasteiger partial charge is 0.231 e. The third kappa shape index (κ3) is 4.66. The Morgan fingerprint density at radius 2 is 1.46 bits per heavy atom. The molecule has 0 spiro atoms. The number of ether oxygens (including phenoxy) is 1. The second-order valence-electron chi connectivity index (χ2n) is 5.15. The van der Waals surface area contributed by atoms with Gasteiger partial charge in [-0.15, -0.1) is 0 Å². The highest BCUT2D eigenvalue weighted by Gasteiger charge is 2.17. The first-order valence-corrected chi connectivity index (χ1v) is 7.20. The molecule has 26 heavy (non-hydrogen) atoms. The lowest BCUT2D eigenvalue weighted by atomic mass is 10.1. The molecule has 5 N–H and O–H groups in total. The minimum Gasteiger partial charge on any atom is -0.508 e. The van der Waals surface area contributed by atoms with Gasteiger partial charge < -0.3 is 30.3 Å². The van der Waals surface area contributed by atoms with Gasteiger partial charge in [0.2, 0.25) is 11.6 Å². The SMILES string of the molecule is O=C(COCC#Cc1cc(O)c(O)c(O)c1)C(=O)c1cc(O)cc(O)c1. The van der Waals surface area contributed by atoms with Crippen LogP contribution in [-0.2, 0) is 9.53 Å². The third-order valence-electron chi connectivity index (χ3n) is 3.13. The zero-order valence-electron chi connectivity index (χ0n) is 13.3. The second kappa shape index (κ2) is 7.92. The molecule has 0 aliphatic heterocycles. The Bertz CT molecular complexity index is 877. The molecule has 0 bridgehead atoms. The van der Waals surface area contributed by atoms with E-state index in [0.717, 1.165) is 30.3 Å². The first-order valence-electron chi connectivity index (χ1n) is 7.20. The minimum absolute atomic E-state index is 0.169. The van der Waals surface area contributed by atoms with Crippen molar-refractivity contribution < 1.29 is 39.9 Å². The summed E-state index contributed by atoms with van der Waals surface area (Å²) in [6.45, 7) is -0.775. The summed E-state index contributed by atoms with van der Waals surface area (Å²) in [7, 11) is 0. The Balaban J connectivity index is 1.90. The molecule has 0 aliphatic rings. The van der Waals surface area contributed by atoms with E-state index in [4.69, 9.17) is 4.74 Å². The van der Waals surface area contributed by atoms with Crippen LogP contribution in [0.1, 0.15) is 15.9 Å². The molecule has 8 heteroatoms. The Morgan fingerprint density at radius 1 is 0.885 bits per heavy atom. The highest BCUT2D eigenvalue weighted by Crippen LogP contribution is 2.34. The van der Waals surface area contributed by atoms with Gasteiger partial charge in [0.1, 0.15) is 24.7 Å². The maximum absolute atomic E-state index is 11.9. The average molecular weight is 358 g/mol. The van der Waals surface area contributed by atoms with Crippen molar-refractivity contribution in [1.29, 1.82) is 0 Å². The summed E-state index contributed by atoms with van der Waals surface area (Å²) in [6, 6.07) is 5.37. The first kappa shape index (κ1) is 18.6. The predicted molar refractivity (Wildman–Crippen MR) is 88.2 cm³/mol. The number of hydrogen-bond acceptors (Lipinski definition) is 8. The summed E-state index contributed by atoms with van der Waals surface area (Å²) < 4.78 is 4.96. The molecule has 0 saturated heterocycles. The fourth-order valence-corrected chi connectivity index (χ4v) is 1.96. The van der Waals surface area contributed by atoms with Crippen LogP contribution in [0.25, 0.3) is 0 Å². The Hall–Kier alpha value is -3.70. The lowest BCUT2D eigenvalue weighted by Gasteiger charge is -2.02. The van der Waals surface area contributed by atoms with E-state index in [1.807, 2.05) is 0 Å². The Morgan fingerprint density at radius 3 is 2.04 bits per heavy atom. The van der Waals surface area contributed by atoms with Crippen molar-refractivity contribution in [1.82, 2.24) is 0 Å². The number of carbonyl (C=O) groups is 2. The number of hydrogen-bond donors (Lipinski definition) is 5. The number of benzene rings is 2. The summed E-state index contributed by atoms with van der Waals surface area (Å²) in [5.74, 6) is 0.780. The molecule has 0 amide bonds. The van der Waals surface area contributed by atoms with Gasteiger partial charge in [0.05, 0.1) is 0 Å². The zero-order chi connectivity index (χ0) is 19.3. The molecule has 0 radical (unpaired) electrons. The zero-order valence-corrected chi connectivity index (χ0v) is 13.3. The van der Waals surface area contributed by atoms with Crippen LogP contribution in [0, 0.1) is 11.8 Å². The van der Waals surface area contributed by atoms with Gasteiger partial charge in [-0.3, -0.25) is 9.59 Å². The van der Waals surface area contributed by atoms with Crippen molar-refractivity contribution in [2.75, 3.05) is 13.2 Å². The number of ketones is 2. The number of Topliss-reactive ketones (excluding diaryl/α,β-unsaturated/α-hetero) is 2. The van der Waals surface area contributed by atoms with Gasteiger partial charge in [-0.1, -0.05) is 11.8 Å². The molecular formula is C18H14O8. The molecule has 2 rings (SSSR count). The van der Waals surface area contributed by atoms with Crippen molar-refractivity contribution in [3.05, 3.63) is 41.5 Å². The van der Waals surface area contributed by atoms with E-state index in [1.165, 1.54) is 0 Å². The van der Waals surface area contributed by atoms with Crippen molar-refractivity contribution in [2.24, 2.45) is 0 Å². The molecule has 0 heterocycles. The summed E-state index contributed by atoms with van der Waals surface area (Å²) >= 11 is 0. The molecule has 0 fully saturated rings. The van der Waals surface area contributed by atoms with Gasteiger partial charge in [-0.05, 0) is 24.3 Å². The number of phenols is 5. The molecule has 2 aromatic rings. The van der Waals surface area contributed by atoms with Crippen molar-refractivity contribution in [3.63, 3.8) is 0 Å². The van der Waals surface area contributed by atoms with Crippen LogP contribution in [0.4, 0.5) is 0 Å². The summed E-state index contributed by atoms with van der Waals surface area (Å²) in [6.07, 6.45) is 0. The van der Waals surface area contributed by atoms with Crippen LogP contribution < -0.4 is 0 Å². The molecule has 2 aromatic carbocycles. The number of carbonyl (C=O) groups excluding carboxylic acids is 2. The van der Waals surface area contributed by atoms with Crippen LogP contribution in [0.5, 0.6) is 28.7 Å². The Kier molecular flexibility index (Phi) is 5.67. The molecule has 8 nitrogen and oxygen atoms in total. The summed E-state index contributed by atoms with van der Waals surface area (Å²) in [5, 5.41) is 46.5. The fraction of sp³-hybridized carbons (Fsp3) is 0.111. The van der Waals surface area contributed by atoms with Crippen LogP contribution in [0.2, 0.25) is 0 Å². The van der Waals surface area contributed by atoms with E-state index in [9.17, 15) is 35.1 Å². The number of aromatic hydroxyl groups is 5. The maximum Gasteiger partial charge on any atom is 0.231 e. The maximum atomic E-state index is 11.9. The van der Waals surface area contributed by atoms with Gasteiger partial charge in [0.15, 0.2) is 17.2 Å². The summed E-state index contributed by atoms with van der Waals surface area (Å²) in [5.41, 5.74) is 0.0382. The lowest BCUT2D eigenvalue weighted by Crippen LogP contribution is -2.20. The second-order valence-corrected chi connectivity index (χ2v) is 5.15. The van der Waals surface area contributed by atoms with E-state index in [-0.39, 0.29) is 29.2 Å². The van der Waals surface area contributed by atoms with Gasteiger partial charge >= 0.3 is 0 Å². The minimum atomic E-state index is -0.933.